The number of hydrogen-bond donors (Lipinski definition) is 0. The highest BCUT2D eigenvalue weighted by atomic mass is 16.7. The molecule has 0 spiro atoms. The highest BCUT2D eigenvalue weighted by Crippen LogP contribution is 2.43. The molecule has 2 saturated heterocycles. The number of nitrogens with zero attached hydrogens (tertiary/aromatic N) is 3. The molecule has 142 valence electrons. The second-order valence-electron chi connectivity index (χ2n) is 6.85. The summed E-state index contributed by atoms with van der Waals surface area (Å²) in [5.41, 5.74) is 1.35. The largest absolute Gasteiger partial charge is 0.448 e. The molecule has 4 aliphatic heterocycles. The lowest BCUT2D eigenvalue weighted by Gasteiger charge is -2.50. The fraction of sp³-hybridized carbons (Fsp3) is 0.421. The van der Waals surface area contributed by atoms with Crippen LogP contribution in [0.1, 0.15) is 31.1 Å². The van der Waals surface area contributed by atoms with E-state index in [-0.39, 0.29) is 24.3 Å². The average Bonchev–Trinajstić information content (AvgIpc) is 2.88. The zero-order chi connectivity index (χ0) is 19.3. The van der Waals surface area contributed by atoms with Crippen LogP contribution >= 0.6 is 0 Å². The van der Waals surface area contributed by atoms with Crippen molar-refractivity contribution in [2.24, 2.45) is 5.92 Å². The maximum atomic E-state index is 13.1. The fourth-order valence-electron chi connectivity index (χ4n) is 3.92. The van der Waals surface area contributed by atoms with E-state index in [9.17, 15) is 14.4 Å². The van der Waals surface area contributed by atoms with Gasteiger partial charge in [-0.2, -0.15) is 5.01 Å². The van der Waals surface area contributed by atoms with Gasteiger partial charge in [-0.05, 0) is 37.6 Å². The van der Waals surface area contributed by atoms with Crippen molar-refractivity contribution in [3.05, 3.63) is 47.5 Å². The molecular formula is C19H21N3O5. The minimum Gasteiger partial charge on any atom is -0.448 e. The van der Waals surface area contributed by atoms with Gasteiger partial charge < -0.3 is 4.74 Å². The van der Waals surface area contributed by atoms with Crippen molar-refractivity contribution in [3.8, 4) is 0 Å². The minimum absolute atomic E-state index is 0.170. The standard InChI is InChI=1S/C19H21N3O5/c1-4-26-19(25)20-14-10-11(2)15(16-12(3)17(23)21(16)20)22(27-14)18(24)13-8-6-5-7-9-13/h5-10,12,14-16H,4H2,1-3H3/t12-,14+,15+,16-/m1/s1. The Morgan fingerprint density at radius 1 is 1.22 bits per heavy atom. The number of hydroxylamine groups is 2. The van der Waals surface area contributed by atoms with Crippen molar-refractivity contribution < 1.29 is 24.0 Å². The second kappa shape index (κ2) is 6.38. The van der Waals surface area contributed by atoms with Crippen molar-refractivity contribution in [2.45, 2.75) is 39.1 Å². The van der Waals surface area contributed by atoms with Crippen LogP contribution < -0.4 is 0 Å². The van der Waals surface area contributed by atoms with Crippen LogP contribution in [-0.4, -0.2) is 57.9 Å². The minimum atomic E-state index is -0.922. The summed E-state index contributed by atoms with van der Waals surface area (Å²) >= 11 is 0. The van der Waals surface area contributed by atoms with Crippen LogP contribution in [0.4, 0.5) is 4.79 Å². The molecule has 0 aliphatic carbocycles. The quantitative estimate of drug-likeness (QED) is 0.586. The lowest BCUT2D eigenvalue weighted by Crippen LogP contribution is -2.71. The van der Waals surface area contributed by atoms with E-state index in [0.717, 1.165) is 5.57 Å². The van der Waals surface area contributed by atoms with Crippen molar-refractivity contribution in [1.29, 1.82) is 0 Å². The van der Waals surface area contributed by atoms with E-state index in [0.29, 0.717) is 5.56 Å². The number of carbonyl (C=O) groups excluding carboxylic acids is 3. The number of rotatable bonds is 2. The first kappa shape index (κ1) is 17.5. The maximum absolute atomic E-state index is 13.1. The summed E-state index contributed by atoms with van der Waals surface area (Å²) < 4.78 is 5.12. The number of hydrazine groups is 1. The normalized spacial score (nSPS) is 28.9. The van der Waals surface area contributed by atoms with Gasteiger partial charge in [0, 0.05) is 5.56 Å². The van der Waals surface area contributed by atoms with Crippen LogP contribution in [0.2, 0.25) is 0 Å². The summed E-state index contributed by atoms with van der Waals surface area (Å²) in [7, 11) is 0. The van der Waals surface area contributed by atoms with Gasteiger partial charge >= 0.3 is 6.09 Å². The van der Waals surface area contributed by atoms with E-state index in [1.807, 2.05) is 13.0 Å². The van der Waals surface area contributed by atoms with Gasteiger partial charge in [-0.1, -0.05) is 25.1 Å². The number of carbonyl (C=O) groups is 3. The molecule has 5 rings (SSSR count). The molecule has 0 saturated carbocycles. The Labute approximate surface area is 156 Å². The summed E-state index contributed by atoms with van der Waals surface area (Å²) in [6.07, 6.45) is 0.162. The fourth-order valence-corrected chi connectivity index (χ4v) is 3.92. The molecule has 0 N–H and O–H groups in total. The molecule has 8 heteroatoms. The summed E-state index contributed by atoms with van der Waals surface area (Å²) in [5.74, 6) is -0.846. The molecule has 1 aromatic carbocycles. The van der Waals surface area contributed by atoms with Crippen LogP contribution in [0.25, 0.3) is 0 Å². The lowest BCUT2D eigenvalue weighted by atomic mass is 9.82. The van der Waals surface area contributed by atoms with E-state index in [1.165, 1.54) is 15.1 Å². The van der Waals surface area contributed by atoms with Gasteiger partial charge in [0.1, 0.15) is 6.04 Å². The number of β-lactam (4-membered cyclic amide) rings is 1. The first-order valence-electron chi connectivity index (χ1n) is 8.98. The Bertz CT molecular complexity index is 824. The summed E-state index contributed by atoms with van der Waals surface area (Å²) in [6.45, 7) is 5.54. The number of fused-ring (bicyclic) bond motifs is 1. The Balaban J connectivity index is 1.75. The highest BCUT2D eigenvalue weighted by Gasteiger charge is 2.61. The monoisotopic (exact) mass is 371 g/mol. The Morgan fingerprint density at radius 3 is 2.59 bits per heavy atom. The second-order valence-corrected chi connectivity index (χ2v) is 6.85. The molecule has 2 fully saturated rings. The van der Waals surface area contributed by atoms with E-state index in [2.05, 4.69) is 0 Å². The topological polar surface area (TPSA) is 79.4 Å². The first-order chi connectivity index (χ1) is 13.0. The lowest BCUT2D eigenvalue weighted by molar-refractivity contribution is -0.213. The smallest absolute Gasteiger partial charge is 0.431 e. The highest BCUT2D eigenvalue weighted by molar-refractivity contribution is 5.95. The van der Waals surface area contributed by atoms with Crippen molar-refractivity contribution in [2.75, 3.05) is 6.61 Å². The van der Waals surface area contributed by atoms with Gasteiger partial charge in [-0.15, -0.1) is 0 Å². The number of amides is 3. The van der Waals surface area contributed by atoms with Gasteiger partial charge in [0.2, 0.25) is 12.1 Å². The SMILES string of the molecule is CCOC(=O)N1[C@@H]2C=C(C)[C@@H]([C@H]3[C@@H](C)C(=O)N31)N(C(=O)c1ccccc1)O2. The summed E-state index contributed by atoms with van der Waals surface area (Å²) in [4.78, 5) is 44.0. The van der Waals surface area contributed by atoms with Gasteiger partial charge in [0.15, 0.2) is 0 Å². The Kier molecular flexibility index (Phi) is 4.15. The Morgan fingerprint density at radius 2 is 1.93 bits per heavy atom. The van der Waals surface area contributed by atoms with Crippen molar-refractivity contribution >= 4 is 17.9 Å². The maximum Gasteiger partial charge on any atom is 0.431 e. The van der Waals surface area contributed by atoms with Gasteiger partial charge in [-0.25, -0.2) is 19.7 Å². The molecule has 0 aromatic heterocycles. The van der Waals surface area contributed by atoms with Crippen LogP contribution in [-0.2, 0) is 14.4 Å². The summed E-state index contributed by atoms with van der Waals surface area (Å²) in [5, 5.41) is 3.86. The molecule has 2 bridgehead atoms. The number of benzene rings is 1. The first-order valence-corrected chi connectivity index (χ1v) is 8.98. The van der Waals surface area contributed by atoms with Gasteiger partial charge in [0.05, 0.1) is 18.6 Å². The number of hydrogen-bond acceptors (Lipinski definition) is 5. The van der Waals surface area contributed by atoms with Crippen LogP contribution in [0, 0.1) is 5.92 Å². The van der Waals surface area contributed by atoms with Crippen molar-refractivity contribution in [1.82, 2.24) is 15.1 Å². The van der Waals surface area contributed by atoms with Crippen LogP contribution in [0.3, 0.4) is 0 Å². The molecule has 27 heavy (non-hydrogen) atoms. The molecule has 0 radical (unpaired) electrons. The Hall–Kier alpha value is -2.87. The molecule has 0 unspecified atom stereocenters. The molecule has 3 amide bonds. The third-order valence-electron chi connectivity index (χ3n) is 5.23. The predicted octanol–water partition coefficient (Wildman–Crippen LogP) is 1.95. The van der Waals surface area contributed by atoms with Crippen LogP contribution in [0.5, 0.6) is 0 Å². The van der Waals surface area contributed by atoms with Gasteiger partial charge in [-0.3, -0.25) is 9.59 Å². The molecule has 4 atom stereocenters. The average molecular weight is 371 g/mol. The summed E-state index contributed by atoms with van der Waals surface area (Å²) in [6, 6.07) is 7.93. The van der Waals surface area contributed by atoms with E-state index in [1.54, 1.807) is 44.2 Å². The number of ether oxygens (including phenoxy) is 1. The zero-order valence-corrected chi connectivity index (χ0v) is 15.4. The molecule has 4 heterocycles. The molecular weight excluding hydrogens is 350 g/mol. The van der Waals surface area contributed by atoms with E-state index in [4.69, 9.17) is 9.57 Å². The predicted molar refractivity (Wildman–Crippen MR) is 93.7 cm³/mol. The van der Waals surface area contributed by atoms with Crippen LogP contribution in [0.15, 0.2) is 42.0 Å². The van der Waals surface area contributed by atoms with Gasteiger partial charge in [0.25, 0.3) is 5.91 Å². The third kappa shape index (κ3) is 2.51. The van der Waals surface area contributed by atoms with Crippen molar-refractivity contribution in [3.63, 3.8) is 0 Å². The molecule has 8 nitrogen and oxygen atoms in total. The third-order valence-corrected chi connectivity index (χ3v) is 5.23. The zero-order valence-electron chi connectivity index (χ0n) is 15.4. The van der Waals surface area contributed by atoms with E-state index >= 15 is 0 Å². The molecule has 4 aliphatic rings. The molecule has 1 aromatic rings. The van der Waals surface area contributed by atoms with E-state index < -0.39 is 24.4 Å².